The lowest BCUT2D eigenvalue weighted by molar-refractivity contribution is 0.0952. The molecule has 0 aliphatic heterocycles. The van der Waals surface area contributed by atoms with Gasteiger partial charge < -0.3 is 14.8 Å². The van der Waals surface area contributed by atoms with Crippen molar-refractivity contribution in [3.8, 4) is 11.5 Å². The van der Waals surface area contributed by atoms with Crippen LogP contribution in [0.1, 0.15) is 31.1 Å². The van der Waals surface area contributed by atoms with Gasteiger partial charge in [-0.2, -0.15) is 11.8 Å². The van der Waals surface area contributed by atoms with Crippen LogP contribution in [-0.4, -0.2) is 37.2 Å². The highest BCUT2D eigenvalue weighted by Crippen LogP contribution is 2.30. The number of hydrogen-bond donors (Lipinski definition) is 1. The Bertz CT molecular complexity index is 455. The molecule has 0 aromatic heterocycles. The highest BCUT2D eigenvalue weighted by Gasteiger charge is 2.16. The van der Waals surface area contributed by atoms with Crippen LogP contribution in [0, 0.1) is 0 Å². The number of ether oxygens (including phenoxy) is 2. The molecule has 0 fully saturated rings. The summed E-state index contributed by atoms with van der Waals surface area (Å²) in [6.45, 7) is 7.10. The van der Waals surface area contributed by atoms with E-state index in [-0.39, 0.29) is 10.7 Å². The van der Waals surface area contributed by atoms with E-state index in [0.717, 1.165) is 5.75 Å². The van der Waals surface area contributed by atoms with Crippen molar-refractivity contribution in [1.82, 2.24) is 5.32 Å². The molecule has 0 bridgehead atoms. The van der Waals surface area contributed by atoms with Gasteiger partial charge in [-0.05, 0) is 12.1 Å². The van der Waals surface area contributed by atoms with E-state index in [2.05, 4.69) is 26.1 Å². The summed E-state index contributed by atoms with van der Waals surface area (Å²) < 4.78 is 10.7. The lowest BCUT2D eigenvalue weighted by Gasteiger charge is -2.17. The smallest absolute Gasteiger partial charge is 0.255 e. The van der Waals surface area contributed by atoms with Gasteiger partial charge in [0.15, 0.2) is 11.5 Å². The summed E-state index contributed by atoms with van der Waals surface area (Å²) in [4.78, 5) is 12.2. The minimum atomic E-state index is -0.143. The van der Waals surface area contributed by atoms with E-state index >= 15 is 0 Å². The summed E-state index contributed by atoms with van der Waals surface area (Å²) in [6.07, 6.45) is 0. The van der Waals surface area contributed by atoms with E-state index in [4.69, 9.17) is 9.47 Å². The largest absolute Gasteiger partial charge is 0.493 e. The molecule has 1 aromatic rings. The average Bonchev–Trinajstić information content (AvgIpc) is 2.41. The summed E-state index contributed by atoms with van der Waals surface area (Å²) >= 11 is 1.82. The topological polar surface area (TPSA) is 47.6 Å². The minimum absolute atomic E-state index is 0.143. The predicted molar refractivity (Wildman–Crippen MR) is 84.1 cm³/mol. The van der Waals surface area contributed by atoms with E-state index < -0.39 is 0 Å². The summed E-state index contributed by atoms with van der Waals surface area (Å²) in [5.74, 6) is 1.76. The van der Waals surface area contributed by atoms with Crippen LogP contribution in [-0.2, 0) is 0 Å². The summed E-state index contributed by atoms with van der Waals surface area (Å²) in [5.41, 5.74) is 0.493. The fourth-order valence-electron chi connectivity index (χ4n) is 1.68. The van der Waals surface area contributed by atoms with Gasteiger partial charge in [0, 0.05) is 17.0 Å². The van der Waals surface area contributed by atoms with Crippen molar-refractivity contribution >= 4 is 17.7 Å². The Morgan fingerprint density at radius 1 is 1.25 bits per heavy atom. The van der Waals surface area contributed by atoms with Gasteiger partial charge in [0.2, 0.25) is 0 Å². The van der Waals surface area contributed by atoms with Gasteiger partial charge in [0.25, 0.3) is 5.91 Å². The maximum Gasteiger partial charge on any atom is 0.255 e. The van der Waals surface area contributed by atoms with E-state index in [0.29, 0.717) is 23.6 Å². The van der Waals surface area contributed by atoms with Crippen LogP contribution in [0.3, 0.4) is 0 Å². The Labute approximate surface area is 125 Å². The van der Waals surface area contributed by atoms with Crippen LogP contribution in [0.25, 0.3) is 0 Å². The second-order valence-corrected chi connectivity index (χ2v) is 7.18. The van der Waals surface area contributed by atoms with Crippen LogP contribution in [0.4, 0.5) is 0 Å². The summed E-state index contributed by atoms with van der Waals surface area (Å²) in [5, 5.41) is 2.90. The highest BCUT2D eigenvalue weighted by molar-refractivity contribution is 8.00. The molecule has 0 radical (unpaired) electrons. The lowest BCUT2D eigenvalue weighted by Crippen LogP contribution is -2.27. The van der Waals surface area contributed by atoms with Crippen LogP contribution in [0.15, 0.2) is 18.2 Å². The van der Waals surface area contributed by atoms with Crippen molar-refractivity contribution in [1.29, 1.82) is 0 Å². The SMILES string of the molecule is COc1cccc(C(=O)NCCSC(C)(C)C)c1OC. The number of methoxy groups -OCH3 is 2. The van der Waals surface area contributed by atoms with Gasteiger partial charge in [-0.25, -0.2) is 0 Å². The number of amides is 1. The van der Waals surface area contributed by atoms with Crippen molar-refractivity contribution in [3.05, 3.63) is 23.8 Å². The zero-order valence-electron chi connectivity index (χ0n) is 12.8. The van der Waals surface area contributed by atoms with Crippen molar-refractivity contribution < 1.29 is 14.3 Å². The molecular weight excluding hydrogens is 274 g/mol. The molecule has 0 heterocycles. The molecule has 20 heavy (non-hydrogen) atoms. The van der Waals surface area contributed by atoms with Gasteiger partial charge in [-0.15, -0.1) is 0 Å². The third kappa shape index (κ3) is 4.96. The second-order valence-electron chi connectivity index (χ2n) is 5.26. The van der Waals surface area contributed by atoms with Crippen molar-refractivity contribution in [3.63, 3.8) is 0 Å². The van der Waals surface area contributed by atoms with Gasteiger partial charge in [0.1, 0.15) is 0 Å². The lowest BCUT2D eigenvalue weighted by atomic mass is 10.1. The van der Waals surface area contributed by atoms with Crippen LogP contribution in [0.2, 0.25) is 0 Å². The molecular formula is C15H23NO3S. The molecule has 0 unspecified atom stereocenters. The molecule has 112 valence electrons. The molecule has 0 saturated carbocycles. The van der Waals surface area contributed by atoms with Crippen LogP contribution < -0.4 is 14.8 Å². The third-order valence-corrected chi connectivity index (χ3v) is 3.84. The van der Waals surface area contributed by atoms with Crippen molar-refractivity contribution in [2.75, 3.05) is 26.5 Å². The first-order valence-corrected chi connectivity index (χ1v) is 7.50. The average molecular weight is 297 g/mol. The monoisotopic (exact) mass is 297 g/mol. The van der Waals surface area contributed by atoms with Crippen LogP contribution in [0.5, 0.6) is 11.5 Å². The van der Waals surface area contributed by atoms with Gasteiger partial charge in [-0.1, -0.05) is 26.8 Å². The molecule has 1 N–H and O–H groups in total. The third-order valence-electron chi connectivity index (χ3n) is 2.57. The van der Waals surface area contributed by atoms with E-state index in [1.807, 2.05) is 11.8 Å². The first-order chi connectivity index (χ1) is 9.39. The maximum atomic E-state index is 12.2. The normalized spacial score (nSPS) is 11.1. The number of hydrogen-bond acceptors (Lipinski definition) is 4. The number of benzene rings is 1. The summed E-state index contributed by atoms with van der Waals surface area (Å²) in [7, 11) is 3.09. The van der Waals surface area contributed by atoms with Crippen molar-refractivity contribution in [2.45, 2.75) is 25.5 Å². The van der Waals surface area contributed by atoms with Crippen LogP contribution >= 0.6 is 11.8 Å². The molecule has 1 aromatic carbocycles. The number of para-hydroxylation sites is 1. The number of carbonyl (C=O) groups is 1. The second kappa shape index (κ2) is 7.43. The predicted octanol–water partition coefficient (Wildman–Crippen LogP) is 2.97. The minimum Gasteiger partial charge on any atom is -0.493 e. The zero-order chi connectivity index (χ0) is 15.2. The Morgan fingerprint density at radius 2 is 1.95 bits per heavy atom. The molecule has 0 spiro atoms. The Hall–Kier alpha value is -1.36. The number of carbonyl (C=O) groups excluding carboxylic acids is 1. The molecule has 4 nitrogen and oxygen atoms in total. The molecule has 0 atom stereocenters. The number of nitrogens with one attached hydrogen (secondary N) is 1. The fraction of sp³-hybridized carbons (Fsp3) is 0.533. The Kier molecular flexibility index (Phi) is 6.20. The Morgan fingerprint density at radius 3 is 2.50 bits per heavy atom. The molecule has 0 saturated heterocycles. The molecule has 0 aliphatic rings. The van der Waals surface area contributed by atoms with Gasteiger partial charge in [0.05, 0.1) is 19.8 Å². The molecule has 5 heteroatoms. The van der Waals surface area contributed by atoms with E-state index in [9.17, 15) is 4.79 Å². The molecule has 1 rings (SSSR count). The number of thioether (sulfide) groups is 1. The van der Waals surface area contributed by atoms with Crippen molar-refractivity contribution in [2.24, 2.45) is 0 Å². The van der Waals surface area contributed by atoms with E-state index in [1.165, 1.54) is 7.11 Å². The van der Waals surface area contributed by atoms with E-state index in [1.54, 1.807) is 25.3 Å². The zero-order valence-corrected chi connectivity index (χ0v) is 13.6. The maximum absolute atomic E-state index is 12.2. The highest BCUT2D eigenvalue weighted by atomic mass is 32.2. The fourth-order valence-corrected chi connectivity index (χ4v) is 2.50. The van der Waals surface area contributed by atoms with Gasteiger partial charge in [-0.3, -0.25) is 4.79 Å². The molecule has 0 aliphatic carbocycles. The van der Waals surface area contributed by atoms with Gasteiger partial charge >= 0.3 is 0 Å². The quantitative estimate of drug-likeness (QED) is 0.820. The first kappa shape index (κ1) is 16.7. The first-order valence-electron chi connectivity index (χ1n) is 6.52. The number of rotatable bonds is 6. The molecule has 1 amide bonds. The summed E-state index contributed by atoms with van der Waals surface area (Å²) in [6, 6.07) is 5.28. The Balaban J connectivity index is 2.64. The standard InChI is InChI=1S/C15H23NO3S/c1-15(2,3)20-10-9-16-14(17)11-7-6-8-12(18-4)13(11)19-5/h6-8H,9-10H2,1-5H3,(H,16,17).